The molecule has 0 radical (unpaired) electrons. The van der Waals surface area contributed by atoms with E-state index in [1.54, 1.807) is 0 Å². The normalized spacial score (nSPS) is 23.1. The Balaban J connectivity index is 2.05. The van der Waals surface area contributed by atoms with Crippen LogP contribution in [0.2, 0.25) is 0 Å². The summed E-state index contributed by atoms with van der Waals surface area (Å²) in [5, 5.41) is 3.47. The van der Waals surface area contributed by atoms with Crippen molar-refractivity contribution < 1.29 is 4.74 Å². The molecule has 1 aromatic carbocycles. The Bertz CT molecular complexity index is 433. The summed E-state index contributed by atoms with van der Waals surface area (Å²) < 4.78 is 7.40. The molecule has 1 saturated carbocycles. The molecule has 0 aromatic heterocycles. The maximum Gasteiger partial charge on any atom is 0.124 e. The van der Waals surface area contributed by atoms with Gasteiger partial charge in [-0.1, -0.05) is 43.1 Å². The highest BCUT2D eigenvalue weighted by atomic mass is 79.9. The lowest BCUT2D eigenvalue weighted by Gasteiger charge is -2.28. The molecule has 1 aromatic rings. The molecular weight excluding hydrogens is 314 g/mol. The fourth-order valence-electron chi connectivity index (χ4n) is 2.78. The number of ether oxygens (including phenoxy) is 1. The Hall–Kier alpha value is -0.540. The molecule has 2 atom stereocenters. The highest BCUT2D eigenvalue weighted by molar-refractivity contribution is 9.10. The highest BCUT2D eigenvalue weighted by Crippen LogP contribution is 2.30. The maximum atomic E-state index is 6.28. The molecule has 2 nitrogen and oxygen atoms in total. The lowest BCUT2D eigenvalue weighted by molar-refractivity contribution is 0.128. The van der Waals surface area contributed by atoms with Gasteiger partial charge in [-0.2, -0.15) is 0 Å². The predicted molar refractivity (Wildman–Crippen MR) is 88.2 cm³/mol. The van der Waals surface area contributed by atoms with E-state index in [2.05, 4.69) is 60.2 Å². The van der Waals surface area contributed by atoms with Gasteiger partial charge in [-0.05, 0) is 43.4 Å². The first kappa shape index (κ1) is 15.8. The van der Waals surface area contributed by atoms with E-state index in [1.807, 2.05) is 0 Å². The number of benzene rings is 1. The van der Waals surface area contributed by atoms with Crippen molar-refractivity contribution in [2.24, 2.45) is 5.92 Å². The first-order chi connectivity index (χ1) is 9.54. The number of nitrogens with one attached hydrogen (secondary N) is 1. The van der Waals surface area contributed by atoms with Crippen LogP contribution in [0.1, 0.15) is 52.0 Å². The van der Waals surface area contributed by atoms with E-state index in [1.165, 1.54) is 31.2 Å². The summed E-state index contributed by atoms with van der Waals surface area (Å²) in [5.41, 5.74) is 1.24. The van der Waals surface area contributed by atoms with Gasteiger partial charge in [-0.3, -0.25) is 0 Å². The summed E-state index contributed by atoms with van der Waals surface area (Å²) in [6.45, 7) is 7.52. The quantitative estimate of drug-likeness (QED) is 0.823. The molecule has 2 unspecified atom stereocenters. The molecule has 2 rings (SSSR count). The average molecular weight is 340 g/mol. The molecule has 0 amide bonds. The van der Waals surface area contributed by atoms with E-state index >= 15 is 0 Å². The molecule has 0 aliphatic heterocycles. The molecule has 112 valence electrons. The smallest absolute Gasteiger partial charge is 0.124 e. The zero-order chi connectivity index (χ0) is 14.5. The number of hydrogen-bond donors (Lipinski definition) is 1. The van der Waals surface area contributed by atoms with Crippen molar-refractivity contribution in [3.8, 4) is 5.75 Å². The Labute approximate surface area is 131 Å². The third-order valence-electron chi connectivity index (χ3n) is 3.91. The summed E-state index contributed by atoms with van der Waals surface area (Å²) in [7, 11) is 0. The van der Waals surface area contributed by atoms with Crippen LogP contribution in [0, 0.1) is 5.92 Å². The summed E-state index contributed by atoms with van der Waals surface area (Å²) in [4.78, 5) is 0. The van der Waals surface area contributed by atoms with E-state index in [0.717, 1.165) is 22.7 Å². The Morgan fingerprint density at radius 3 is 2.85 bits per heavy atom. The van der Waals surface area contributed by atoms with Crippen LogP contribution in [0.25, 0.3) is 0 Å². The van der Waals surface area contributed by atoms with Gasteiger partial charge in [0, 0.05) is 22.6 Å². The molecule has 1 aliphatic rings. The van der Waals surface area contributed by atoms with Gasteiger partial charge in [0.2, 0.25) is 0 Å². The molecule has 3 heteroatoms. The molecule has 1 fully saturated rings. The fourth-order valence-corrected chi connectivity index (χ4v) is 3.19. The zero-order valence-corrected chi connectivity index (χ0v) is 14.4. The Kier molecular flexibility index (Phi) is 5.91. The first-order valence-electron chi connectivity index (χ1n) is 7.73. The van der Waals surface area contributed by atoms with Crippen LogP contribution in [-0.4, -0.2) is 12.1 Å². The van der Waals surface area contributed by atoms with Gasteiger partial charge in [0.1, 0.15) is 5.75 Å². The minimum Gasteiger partial charge on any atom is -0.490 e. The molecule has 20 heavy (non-hydrogen) atoms. The molecule has 1 N–H and O–H groups in total. The molecular formula is C17H26BrNO. The summed E-state index contributed by atoms with van der Waals surface area (Å²) in [6, 6.07) is 6.81. The summed E-state index contributed by atoms with van der Waals surface area (Å²) in [5.74, 6) is 1.84. The van der Waals surface area contributed by atoms with Crippen LogP contribution in [0.15, 0.2) is 22.7 Å². The molecule has 0 spiro atoms. The van der Waals surface area contributed by atoms with E-state index in [-0.39, 0.29) is 0 Å². The van der Waals surface area contributed by atoms with Crippen molar-refractivity contribution in [2.75, 3.05) is 0 Å². The van der Waals surface area contributed by atoms with Crippen LogP contribution < -0.4 is 10.1 Å². The first-order valence-corrected chi connectivity index (χ1v) is 8.52. The van der Waals surface area contributed by atoms with Crippen molar-refractivity contribution in [3.63, 3.8) is 0 Å². The fraction of sp³-hybridized carbons (Fsp3) is 0.647. The van der Waals surface area contributed by atoms with Crippen LogP contribution in [0.3, 0.4) is 0 Å². The second kappa shape index (κ2) is 7.46. The highest BCUT2D eigenvalue weighted by Gasteiger charge is 2.21. The van der Waals surface area contributed by atoms with Crippen molar-refractivity contribution in [2.45, 2.75) is 65.1 Å². The van der Waals surface area contributed by atoms with Gasteiger partial charge in [0.05, 0.1) is 6.10 Å². The molecule has 1 aliphatic carbocycles. The lowest BCUT2D eigenvalue weighted by Crippen LogP contribution is -2.26. The third kappa shape index (κ3) is 4.78. The second-order valence-corrected chi connectivity index (χ2v) is 7.21. The molecule has 0 heterocycles. The standard InChI is InChI=1S/C17H26BrNO/c1-12(2)19-11-14-10-15(18)7-8-17(14)20-16-6-4-5-13(3)9-16/h7-8,10,12-13,16,19H,4-6,9,11H2,1-3H3. The Morgan fingerprint density at radius 1 is 1.35 bits per heavy atom. The molecule has 0 bridgehead atoms. The van der Waals surface area contributed by atoms with Crippen molar-refractivity contribution >= 4 is 15.9 Å². The van der Waals surface area contributed by atoms with Crippen LogP contribution in [-0.2, 0) is 6.54 Å². The minimum absolute atomic E-state index is 0.387. The van der Waals surface area contributed by atoms with Gasteiger partial charge >= 0.3 is 0 Å². The summed E-state index contributed by atoms with van der Waals surface area (Å²) in [6.07, 6.45) is 5.41. The van der Waals surface area contributed by atoms with Gasteiger partial charge in [0.25, 0.3) is 0 Å². The largest absolute Gasteiger partial charge is 0.490 e. The topological polar surface area (TPSA) is 21.3 Å². The maximum absolute atomic E-state index is 6.28. The SMILES string of the molecule is CC1CCCC(Oc2ccc(Br)cc2CNC(C)C)C1. The van der Waals surface area contributed by atoms with Crippen molar-refractivity contribution in [3.05, 3.63) is 28.2 Å². The van der Waals surface area contributed by atoms with Crippen LogP contribution in [0.5, 0.6) is 5.75 Å². The van der Waals surface area contributed by atoms with Gasteiger partial charge in [-0.25, -0.2) is 0 Å². The van der Waals surface area contributed by atoms with E-state index < -0.39 is 0 Å². The summed E-state index contributed by atoms with van der Waals surface area (Å²) >= 11 is 3.55. The lowest BCUT2D eigenvalue weighted by atomic mass is 9.88. The number of hydrogen-bond acceptors (Lipinski definition) is 2. The van der Waals surface area contributed by atoms with Gasteiger partial charge < -0.3 is 10.1 Å². The zero-order valence-electron chi connectivity index (χ0n) is 12.8. The van der Waals surface area contributed by atoms with Gasteiger partial charge in [0.15, 0.2) is 0 Å². The number of rotatable bonds is 5. The minimum atomic E-state index is 0.387. The Morgan fingerprint density at radius 2 is 2.15 bits per heavy atom. The van der Waals surface area contributed by atoms with Crippen molar-refractivity contribution in [1.29, 1.82) is 0 Å². The second-order valence-electron chi connectivity index (χ2n) is 6.30. The van der Waals surface area contributed by atoms with E-state index in [4.69, 9.17) is 4.74 Å². The van der Waals surface area contributed by atoms with Crippen LogP contribution >= 0.6 is 15.9 Å². The van der Waals surface area contributed by atoms with Crippen LogP contribution in [0.4, 0.5) is 0 Å². The third-order valence-corrected chi connectivity index (χ3v) is 4.40. The number of halogens is 1. The van der Waals surface area contributed by atoms with E-state index in [9.17, 15) is 0 Å². The average Bonchev–Trinajstić information content (AvgIpc) is 2.39. The predicted octanol–water partition coefficient (Wildman–Crippen LogP) is 4.90. The van der Waals surface area contributed by atoms with Gasteiger partial charge in [-0.15, -0.1) is 0 Å². The van der Waals surface area contributed by atoms with Crippen molar-refractivity contribution in [1.82, 2.24) is 5.32 Å². The van der Waals surface area contributed by atoms with E-state index in [0.29, 0.717) is 12.1 Å². The molecule has 0 saturated heterocycles. The monoisotopic (exact) mass is 339 g/mol.